The van der Waals surface area contributed by atoms with Crippen molar-refractivity contribution in [2.45, 2.75) is 31.5 Å². The fraction of sp³-hybridized carbons (Fsp3) is 0.300. The number of halogens is 1. The van der Waals surface area contributed by atoms with E-state index in [4.69, 9.17) is 25.8 Å². The Morgan fingerprint density at radius 2 is 1.87 bits per heavy atom. The molecule has 30 heavy (non-hydrogen) atoms. The van der Waals surface area contributed by atoms with Crippen molar-refractivity contribution in [3.63, 3.8) is 0 Å². The molecule has 0 bridgehead atoms. The van der Waals surface area contributed by atoms with E-state index in [1.807, 2.05) is 0 Å². The van der Waals surface area contributed by atoms with E-state index in [9.17, 15) is 19.7 Å². The molecule has 1 spiro atoms. The van der Waals surface area contributed by atoms with Crippen LogP contribution in [0.2, 0.25) is 5.02 Å². The summed E-state index contributed by atoms with van der Waals surface area (Å²) in [6.07, 6.45) is 3.73. The average molecular weight is 433 g/mol. The van der Waals surface area contributed by atoms with Crippen LogP contribution in [0.1, 0.15) is 36.0 Å². The molecule has 0 atom stereocenters. The second-order valence-electron chi connectivity index (χ2n) is 7.03. The van der Waals surface area contributed by atoms with Gasteiger partial charge in [-0.1, -0.05) is 11.6 Å². The molecule has 10 heteroatoms. The second kappa shape index (κ2) is 7.83. The van der Waals surface area contributed by atoms with Crippen LogP contribution in [0.3, 0.4) is 0 Å². The Morgan fingerprint density at radius 1 is 1.13 bits per heavy atom. The number of ether oxygens (including phenoxy) is 3. The first-order valence-electron chi connectivity index (χ1n) is 9.28. The van der Waals surface area contributed by atoms with Gasteiger partial charge in [0.15, 0.2) is 18.1 Å². The number of rotatable bonds is 5. The van der Waals surface area contributed by atoms with Gasteiger partial charge in [0.25, 0.3) is 17.4 Å². The summed E-state index contributed by atoms with van der Waals surface area (Å²) in [5.41, 5.74) is 0.151. The molecule has 0 aromatic heterocycles. The molecule has 2 aromatic carbocycles. The Kier molecular flexibility index (Phi) is 5.21. The predicted octanol–water partition coefficient (Wildman–Crippen LogP) is 4.09. The second-order valence-corrected chi connectivity index (χ2v) is 7.44. The molecule has 156 valence electrons. The fourth-order valence-electron chi connectivity index (χ4n) is 3.48. The Morgan fingerprint density at radius 3 is 2.57 bits per heavy atom. The van der Waals surface area contributed by atoms with Crippen LogP contribution in [-0.4, -0.2) is 29.2 Å². The summed E-state index contributed by atoms with van der Waals surface area (Å²) < 4.78 is 16.8. The van der Waals surface area contributed by atoms with Crippen molar-refractivity contribution in [1.82, 2.24) is 0 Å². The van der Waals surface area contributed by atoms with Crippen molar-refractivity contribution < 1.29 is 28.7 Å². The Hall–Kier alpha value is -3.33. The maximum Gasteiger partial charge on any atom is 0.340 e. The average Bonchev–Trinajstić information content (AvgIpc) is 3.31. The van der Waals surface area contributed by atoms with Crippen LogP contribution in [-0.2, 0) is 9.53 Å². The topological polar surface area (TPSA) is 117 Å². The molecule has 0 radical (unpaired) electrons. The minimum Gasteiger partial charge on any atom is -0.452 e. The lowest BCUT2D eigenvalue weighted by Crippen LogP contribution is -2.34. The van der Waals surface area contributed by atoms with Gasteiger partial charge in [0.05, 0.1) is 15.5 Å². The largest absolute Gasteiger partial charge is 0.452 e. The normalized spacial score (nSPS) is 15.8. The zero-order valence-corrected chi connectivity index (χ0v) is 16.4. The minimum absolute atomic E-state index is 0.0694. The minimum atomic E-state index is -0.862. The van der Waals surface area contributed by atoms with Gasteiger partial charge in [-0.2, -0.15) is 0 Å². The number of nitrogens with zero attached hydrogens (tertiary/aromatic N) is 1. The lowest BCUT2D eigenvalue weighted by Gasteiger charge is -2.21. The van der Waals surface area contributed by atoms with Gasteiger partial charge in [-0.15, -0.1) is 0 Å². The molecule has 1 saturated carbocycles. The van der Waals surface area contributed by atoms with E-state index in [-0.39, 0.29) is 16.3 Å². The van der Waals surface area contributed by atoms with Crippen molar-refractivity contribution in [1.29, 1.82) is 0 Å². The zero-order valence-electron chi connectivity index (χ0n) is 15.7. The number of hydrogen-bond donors (Lipinski definition) is 1. The highest BCUT2D eigenvalue weighted by Gasteiger charge is 2.44. The number of nitro groups is 1. The predicted molar refractivity (Wildman–Crippen MR) is 106 cm³/mol. The number of benzene rings is 2. The maximum absolute atomic E-state index is 12.1. The first kappa shape index (κ1) is 20.0. The molecular formula is C20H17ClN2O7. The third-order valence-electron chi connectivity index (χ3n) is 4.90. The summed E-state index contributed by atoms with van der Waals surface area (Å²) in [6.45, 7) is -0.551. The Balaban J connectivity index is 1.34. The standard InChI is InChI=1S/C20H17ClN2O7/c21-15-10-13(23(26)27)4-5-14(15)19(25)28-11-18(24)22-12-3-6-16-17(9-12)30-20(29-16)7-1-2-8-20/h3-6,9-10H,1-2,7-8,11H2,(H,22,24). The number of carbonyl (C=O) groups is 2. The molecule has 1 aliphatic carbocycles. The first-order chi connectivity index (χ1) is 14.3. The number of carbonyl (C=O) groups excluding carboxylic acids is 2. The first-order valence-corrected chi connectivity index (χ1v) is 9.66. The fourth-order valence-corrected chi connectivity index (χ4v) is 3.73. The molecule has 2 aromatic rings. The number of amides is 1. The third kappa shape index (κ3) is 4.02. The van der Waals surface area contributed by atoms with Gasteiger partial charge in [-0.05, 0) is 31.0 Å². The zero-order chi connectivity index (χ0) is 21.3. The van der Waals surface area contributed by atoms with Crippen LogP contribution in [0.25, 0.3) is 0 Å². The SMILES string of the molecule is O=C(COC(=O)c1ccc([N+](=O)[O-])cc1Cl)Nc1ccc2c(c1)OC1(CCCC1)O2. The van der Waals surface area contributed by atoms with Crippen LogP contribution in [0.5, 0.6) is 11.5 Å². The van der Waals surface area contributed by atoms with E-state index in [1.54, 1.807) is 18.2 Å². The summed E-state index contributed by atoms with van der Waals surface area (Å²) in [5.74, 6) is -0.821. The van der Waals surface area contributed by atoms with E-state index in [0.717, 1.165) is 37.8 Å². The van der Waals surface area contributed by atoms with E-state index in [1.165, 1.54) is 6.07 Å². The summed E-state index contributed by atoms with van der Waals surface area (Å²) in [4.78, 5) is 34.3. The van der Waals surface area contributed by atoms with Crippen molar-refractivity contribution >= 4 is 34.9 Å². The molecule has 0 unspecified atom stereocenters. The van der Waals surface area contributed by atoms with E-state index in [0.29, 0.717) is 17.2 Å². The van der Waals surface area contributed by atoms with Crippen molar-refractivity contribution in [2.75, 3.05) is 11.9 Å². The van der Waals surface area contributed by atoms with Crippen molar-refractivity contribution in [3.05, 3.63) is 57.1 Å². The Bertz CT molecular complexity index is 1030. The Labute approximate surface area is 176 Å². The summed E-state index contributed by atoms with van der Waals surface area (Å²) in [5, 5.41) is 13.2. The molecule has 4 rings (SSSR count). The summed E-state index contributed by atoms with van der Waals surface area (Å²) in [7, 11) is 0. The molecule has 1 fully saturated rings. The number of fused-ring (bicyclic) bond motifs is 1. The molecule has 1 amide bonds. The van der Waals surface area contributed by atoms with Crippen molar-refractivity contribution in [3.8, 4) is 11.5 Å². The molecule has 2 aliphatic rings. The van der Waals surface area contributed by atoms with E-state index in [2.05, 4.69) is 5.32 Å². The number of esters is 1. The van der Waals surface area contributed by atoms with Crippen LogP contribution >= 0.6 is 11.6 Å². The molecule has 1 heterocycles. The molecule has 0 saturated heterocycles. The number of nitro benzene ring substituents is 1. The van der Waals surface area contributed by atoms with Crippen LogP contribution in [0.15, 0.2) is 36.4 Å². The van der Waals surface area contributed by atoms with Gasteiger partial charge in [-0.25, -0.2) is 4.79 Å². The molecule has 9 nitrogen and oxygen atoms in total. The number of nitrogens with one attached hydrogen (secondary N) is 1. The van der Waals surface area contributed by atoms with Crippen LogP contribution < -0.4 is 14.8 Å². The highest BCUT2D eigenvalue weighted by atomic mass is 35.5. The maximum atomic E-state index is 12.1. The van der Waals surface area contributed by atoms with Gasteiger partial charge in [0.2, 0.25) is 0 Å². The summed E-state index contributed by atoms with van der Waals surface area (Å²) in [6, 6.07) is 8.41. The van der Waals surface area contributed by atoms with E-state index < -0.39 is 29.2 Å². The number of non-ortho nitro benzene ring substituents is 1. The van der Waals surface area contributed by atoms with Crippen molar-refractivity contribution in [2.24, 2.45) is 0 Å². The quantitative estimate of drug-likeness (QED) is 0.429. The molecule has 1 aliphatic heterocycles. The highest BCUT2D eigenvalue weighted by molar-refractivity contribution is 6.33. The van der Waals surface area contributed by atoms with Gasteiger partial charge in [0, 0.05) is 36.7 Å². The molecular weight excluding hydrogens is 416 g/mol. The van der Waals surface area contributed by atoms with Gasteiger partial charge >= 0.3 is 5.97 Å². The van der Waals surface area contributed by atoms with Gasteiger partial charge in [0.1, 0.15) is 0 Å². The number of anilines is 1. The molecule has 1 N–H and O–H groups in total. The lowest BCUT2D eigenvalue weighted by molar-refractivity contribution is -0.384. The summed E-state index contributed by atoms with van der Waals surface area (Å²) >= 11 is 5.89. The smallest absolute Gasteiger partial charge is 0.340 e. The third-order valence-corrected chi connectivity index (χ3v) is 5.22. The van der Waals surface area contributed by atoms with E-state index >= 15 is 0 Å². The number of hydrogen-bond acceptors (Lipinski definition) is 7. The lowest BCUT2D eigenvalue weighted by atomic mass is 10.2. The highest BCUT2D eigenvalue weighted by Crippen LogP contribution is 2.47. The van der Waals surface area contributed by atoms with Gasteiger partial charge in [-0.3, -0.25) is 14.9 Å². The monoisotopic (exact) mass is 432 g/mol. The van der Waals surface area contributed by atoms with Crippen LogP contribution in [0, 0.1) is 10.1 Å². The van der Waals surface area contributed by atoms with Crippen LogP contribution in [0.4, 0.5) is 11.4 Å². The van der Waals surface area contributed by atoms with Gasteiger partial charge < -0.3 is 19.5 Å².